The number of aryl methyl sites for hydroxylation is 1. The van der Waals surface area contributed by atoms with Crippen LogP contribution in [0.25, 0.3) is 0 Å². The van der Waals surface area contributed by atoms with Gasteiger partial charge in [-0.25, -0.2) is 0 Å². The van der Waals surface area contributed by atoms with Crippen molar-refractivity contribution in [3.8, 4) is 0 Å². The molecule has 4 heteroatoms. The standard InChI is InChI=1S/C14H18BrNO2/c1-9-5-6-11(15)8-12(9)14(17)16-10(2)13-4-3-7-18-13/h5-6,8,10,13H,3-4,7H2,1-2H3,(H,16,17). The Morgan fingerprint density at radius 3 is 3.00 bits per heavy atom. The van der Waals surface area contributed by atoms with Crippen molar-refractivity contribution in [3.63, 3.8) is 0 Å². The normalized spacial score (nSPS) is 20.7. The summed E-state index contributed by atoms with van der Waals surface area (Å²) in [6, 6.07) is 5.79. The lowest BCUT2D eigenvalue weighted by Gasteiger charge is -2.20. The number of rotatable bonds is 3. The van der Waals surface area contributed by atoms with Crippen LogP contribution in [0.4, 0.5) is 0 Å². The van der Waals surface area contributed by atoms with Crippen molar-refractivity contribution in [2.45, 2.75) is 38.8 Å². The molecular formula is C14H18BrNO2. The number of carbonyl (C=O) groups is 1. The molecule has 1 amide bonds. The van der Waals surface area contributed by atoms with Gasteiger partial charge in [-0.3, -0.25) is 4.79 Å². The van der Waals surface area contributed by atoms with Gasteiger partial charge in [0.2, 0.25) is 0 Å². The van der Waals surface area contributed by atoms with E-state index in [2.05, 4.69) is 21.2 Å². The first-order chi connectivity index (χ1) is 8.58. The Kier molecular flexibility index (Phi) is 4.40. The molecule has 1 aliphatic rings. The lowest BCUT2D eigenvalue weighted by molar-refractivity contribution is 0.0712. The summed E-state index contributed by atoms with van der Waals surface area (Å²) >= 11 is 3.39. The highest BCUT2D eigenvalue weighted by atomic mass is 79.9. The maximum atomic E-state index is 12.2. The summed E-state index contributed by atoms with van der Waals surface area (Å²) in [5, 5.41) is 3.02. The van der Waals surface area contributed by atoms with Crippen molar-refractivity contribution >= 4 is 21.8 Å². The lowest BCUT2D eigenvalue weighted by atomic mass is 10.1. The van der Waals surface area contributed by atoms with E-state index in [0.717, 1.165) is 29.5 Å². The van der Waals surface area contributed by atoms with Crippen LogP contribution >= 0.6 is 15.9 Å². The number of nitrogens with one attached hydrogen (secondary N) is 1. The van der Waals surface area contributed by atoms with Crippen LogP contribution in [0.5, 0.6) is 0 Å². The van der Waals surface area contributed by atoms with E-state index in [4.69, 9.17) is 4.74 Å². The predicted molar refractivity (Wildman–Crippen MR) is 74.8 cm³/mol. The molecule has 98 valence electrons. The second-order valence-electron chi connectivity index (χ2n) is 4.77. The minimum atomic E-state index is -0.0307. The number of benzene rings is 1. The first-order valence-electron chi connectivity index (χ1n) is 6.26. The average molecular weight is 312 g/mol. The second-order valence-corrected chi connectivity index (χ2v) is 5.69. The summed E-state index contributed by atoms with van der Waals surface area (Å²) in [4.78, 5) is 12.2. The fraction of sp³-hybridized carbons (Fsp3) is 0.500. The third kappa shape index (κ3) is 3.12. The highest BCUT2D eigenvalue weighted by Crippen LogP contribution is 2.18. The molecule has 0 aromatic heterocycles. The Morgan fingerprint density at radius 1 is 1.56 bits per heavy atom. The first kappa shape index (κ1) is 13.6. The Morgan fingerprint density at radius 2 is 2.33 bits per heavy atom. The number of hydrogen-bond donors (Lipinski definition) is 1. The molecule has 0 radical (unpaired) electrons. The molecule has 1 heterocycles. The molecule has 18 heavy (non-hydrogen) atoms. The molecule has 2 rings (SSSR count). The zero-order valence-electron chi connectivity index (χ0n) is 10.7. The van der Waals surface area contributed by atoms with Gasteiger partial charge in [-0.2, -0.15) is 0 Å². The van der Waals surface area contributed by atoms with Crippen molar-refractivity contribution in [2.75, 3.05) is 6.61 Å². The Hall–Kier alpha value is -0.870. The van der Waals surface area contributed by atoms with Gasteiger partial charge >= 0.3 is 0 Å². The number of hydrogen-bond acceptors (Lipinski definition) is 2. The summed E-state index contributed by atoms with van der Waals surface area (Å²) in [6.07, 6.45) is 2.26. The van der Waals surface area contributed by atoms with Crippen molar-refractivity contribution in [1.29, 1.82) is 0 Å². The lowest BCUT2D eigenvalue weighted by Crippen LogP contribution is -2.41. The van der Waals surface area contributed by atoms with Gasteiger partial charge in [0, 0.05) is 16.6 Å². The largest absolute Gasteiger partial charge is 0.376 e. The molecule has 3 nitrogen and oxygen atoms in total. The van der Waals surface area contributed by atoms with Crippen LogP contribution in [0.1, 0.15) is 35.7 Å². The van der Waals surface area contributed by atoms with E-state index in [1.165, 1.54) is 0 Å². The van der Waals surface area contributed by atoms with Gasteiger partial charge in [-0.05, 0) is 44.4 Å². The van der Waals surface area contributed by atoms with E-state index in [0.29, 0.717) is 5.56 Å². The SMILES string of the molecule is Cc1ccc(Br)cc1C(=O)NC(C)C1CCCO1. The predicted octanol–water partition coefficient (Wildman–Crippen LogP) is 3.05. The quantitative estimate of drug-likeness (QED) is 0.931. The topological polar surface area (TPSA) is 38.3 Å². The third-order valence-corrected chi connectivity index (χ3v) is 3.82. The molecule has 2 unspecified atom stereocenters. The monoisotopic (exact) mass is 311 g/mol. The molecular weight excluding hydrogens is 294 g/mol. The zero-order valence-corrected chi connectivity index (χ0v) is 12.3. The van der Waals surface area contributed by atoms with Crippen molar-refractivity contribution in [2.24, 2.45) is 0 Å². The fourth-order valence-electron chi connectivity index (χ4n) is 2.21. The number of halogens is 1. The Balaban J connectivity index is 2.04. The van der Waals surface area contributed by atoms with E-state index in [-0.39, 0.29) is 18.1 Å². The smallest absolute Gasteiger partial charge is 0.251 e. The van der Waals surface area contributed by atoms with Crippen LogP contribution < -0.4 is 5.32 Å². The van der Waals surface area contributed by atoms with Crippen LogP contribution in [-0.2, 0) is 4.74 Å². The number of amides is 1. The van der Waals surface area contributed by atoms with Gasteiger partial charge < -0.3 is 10.1 Å². The molecule has 0 aliphatic carbocycles. The van der Waals surface area contributed by atoms with E-state index in [9.17, 15) is 4.79 Å². The van der Waals surface area contributed by atoms with Gasteiger partial charge in [0.05, 0.1) is 12.1 Å². The Labute approximate surface area is 116 Å². The fourth-order valence-corrected chi connectivity index (χ4v) is 2.57. The highest BCUT2D eigenvalue weighted by molar-refractivity contribution is 9.10. The summed E-state index contributed by atoms with van der Waals surface area (Å²) in [6.45, 7) is 4.75. The summed E-state index contributed by atoms with van der Waals surface area (Å²) < 4.78 is 6.50. The minimum Gasteiger partial charge on any atom is -0.376 e. The number of ether oxygens (including phenoxy) is 1. The van der Waals surface area contributed by atoms with Crippen LogP contribution in [-0.4, -0.2) is 24.7 Å². The molecule has 0 spiro atoms. The van der Waals surface area contributed by atoms with Crippen molar-refractivity contribution < 1.29 is 9.53 Å². The molecule has 1 aromatic rings. The molecule has 0 saturated carbocycles. The van der Waals surface area contributed by atoms with Gasteiger partial charge in [0.25, 0.3) is 5.91 Å². The highest BCUT2D eigenvalue weighted by Gasteiger charge is 2.24. The molecule has 1 N–H and O–H groups in total. The van der Waals surface area contributed by atoms with Crippen LogP contribution in [0.3, 0.4) is 0 Å². The minimum absolute atomic E-state index is 0.0307. The van der Waals surface area contributed by atoms with Gasteiger partial charge in [-0.1, -0.05) is 22.0 Å². The molecule has 1 fully saturated rings. The van der Waals surface area contributed by atoms with Crippen LogP contribution in [0.2, 0.25) is 0 Å². The summed E-state index contributed by atoms with van der Waals surface area (Å²) in [5.74, 6) is -0.0307. The van der Waals surface area contributed by atoms with Crippen LogP contribution in [0, 0.1) is 6.92 Å². The maximum Gasteiger partial charge on any atom is 0.251 e. The van der Waals surface area contributed by atoms with E-state index in [1.54, 1.807) is 0 Å². The van der Waals surface area contributed by atoms with Crippen LogP contribution in [0.15, 0.2) is 22.7 Å². The summed E-state index contributed by atoms with van der Waals surface area (Å²) in [5.41, 5.74) is 1.70. The van der Waals surface area contributed by atoms with Gasteiger partial charge in [0.1, 0.15) is 0 Å². The van der Waals surface area contributed by atoms with Crippen molar-refractivity contribution in [1.82, 2.24) is 5.32 Å². The summed E-state index contributed by atoms with van der Waals surface area (Å²) in [7, 11) is 0. The van der Waals surface area contributed by atoms with Gasteiger partial charge in [-0.15, -0.1) is 0 Å². The van der Waals surface area contributed by atoms with Crippen molar-refractivity contribution in [3.05, 3.63) is 33.8 Å². The third-order valence-electron chi connectivity index (χ3n) is 3.33. The zero-order chi connectivity index (χ0) is 13.1. The second kappa shape index (κ2) is 5.85. The first-order valence-corrected chi connectivity index (χ1v) is 7.06. The molecule has 2 atom stereocenters. The molecule has 1 aliphatic heterocycles. The van der Waals surface area contributed by atoms with Gasteiger partial charge in [0.15, 0.2) is 0 Å². The van der Waals surface area contributed by atoms with E-state index in [1.807, 2.05) is 32.0 Å². The molecule has 0 bridgehead atoms. The molecule has 1 saturated heterocycles. The number of carbonyl (C=O) groups excluding carboxylic acids is 1. The average Bonchev–Trinajstić information content (AvgIpc) is 2.85. The maximum absolute atomic E-state index is 12.2. The molecule has 1 aromatic carbocycles. The van der Waals surface area contributed by atoms with E-state index >= 15 is 0 Å². The van der Waals surface area contributed by atoms with E-state index < -0.39 is 0 Å². The Bertz CT molecular complexity index is 441.